The summed E-state index contributed by atoms with van der Waals surface area (Å²) in [5.41, 5.74) is 0. The van der Waals surface area contributed by atoms with E-state index in [0.29, 0.717) is 0 Å². The third-order valence-electron chi connectivity index (χ3n) is 1.42. The van der Waals surface area contributed by atoms with Crippen LogP contribution in [0.1, 0.15) is 0 Å². The van der Waals surface area contributed by atoms with E-state index in [0.717, 1.165) is 0 Å². The fraction of sp³-hybridized carbons (Fsp3) is 0.667. The molecule has 0 saturated heterocycles. The number of aliphatic hydroxyl groups excluding tert-OH is 4. The van der Waals surface area contributed by atoms with E-state index in [-0.39, 0.29) is 6.29 Å². The number of carboxylic acids is 1. The largest absolute Gasteiger partial charge is 0.479 e. The van der Waals surface area contributed by atoms with Crippen molar-refractivity contribution in [2.45, 2.75) is 24.4 Å². The maximum Gasteiger partial charge on any atom is 0.466 e. The zero-order chi connectivity index (χ0) is 19.6. The third kappa shape index (κ3) is 26.4. The third-order valence-corrected chi connectivity index (χ3v) is 1.42. The van der Waals surface area contributed by atoms with Crippen molar-refractivity contribution in [3.63, 3.8) is 0 Å². The van der Waals surface area contributed by atoms with Gasteiger partial charge in [0.05, 0.1) is 0 Å². The number of phosphoric acid groups is 2. The Morgan fingerprint density at radius 3 is 1.22 bits per heavy atom. The van der Waals surface area contributed by atoms with Crippen molar-refractivity contribution in [3.8, 4) is 0 Å². The number of carbonyl (C=O) groups excluding carboxylic acids is 1. The molecule has 0 fully saturated rings. The Morgan fingerprint density at radius 1 is 0.783 bits per heavy atom. The van der Waals surface area contributed by atoms with Crippen molar-refractivity contribution < 1.29 is 73.6 Å². The molecule has 0 aromatic rings. The minimum atomic E-state index is -4.64. The molecule has 11 N–H and O–H groups in total. The lowest BCUT2D eigenvalue weighted by Crippen LogP contribution is -2.48. The van der Waals surface area contributed by atoms with E-state index in [4.69, 9.17) is 64.0 Å². The van der Waals surface area contributed by atoms with Gasteiger partial charge < -0.3 is 59.7 Å². The molecule has 140 valence electrons. The minimum absolute atomic E-state index is 0.0809. The maximum absolute atomic E-state index is 10.1. The van der Waals surface area contributed by atoms with Gasteiger partial charge in [0, 0.05) is 0 Å². The predicted molar refractivity (Wildman–Crippen MR) is 66.3 cm³/mol. The lowest BCUT2D eigenvalue weighted by Gasteiger charge is -2.21. The van der Waals surface area contributed by atoms with Crippen LogP contribution in [0.4, 0.5) is 0 Å². The first-order valence-electron chi connectivity index (χ1n) is 4.88. The molecule has 0 aliphatic rings. The van der Waals surface area contributed by atoms with Crippen LogP contribution in [0.5, 0.6) is 0 Å². The standard InChI is InChI=1S/C6H10O7.2H3O4P/c7-1-2(8)3(9)4(10)5(11)6(12)13;2*1-5(2,3)4/h1-5,8-11H,(H,12,13);2*(H3,1,2,3,4). The SMILES string of the molecule is O=CC(O)C(O)C(O)C(O)C(=O)O.O=P(O)(O)O.O=P(O)(O)O. The van der Waals surface area contributed by atoms with E-state index >= 15 is 0 Å². The summed E-state index contributed by atoms with van der Waals surface area (Å²) in [5, 5.41) is 43.2. The summed E-state index contributed by atoms with van der Waals surface area (Å²) < 4.78 is 17.8. The Kier molecular flexibility index (Phi) is 13.8. The highest BCUT2D eigenvalue weighted by molar-refractivity contribution is 7.45. The number of carboxylic acid groups (broad SMARTS) is 1. The van der Waals surface area contributed by atoms with E-state index in [1.54, 1.807) is 0 Å². The van der Waals surface area contributed by atoms with E-state index < -0.39 is 46.0 Å². The zero-order valence-electron chi connectivity index (χ0n) is 10.8. The van der Waals surface area contributed by atoms with Gasteiger partial charge in [-0.3, -0.25) is 0 Å². The number of carbonyl (C=O) groups is 2. The van der Waals surface area contributed by atoms with Crippen LogP contribution >= 0.6 is 15.6 Å². The molecule has 15 nitrogen and oxygen atoms in total. The molecule has 0 amide bonds. The van der Waals surface area contributed by atoms with Crippen LogP contribution in [0.3, 0.4) is 0 Å². The van der Waals surface area contributed by atoms with Crippen LogP contribution in [0.2, 0.25) is 0 Å². The molecule has 0 aromatic heterocycles. The molecule has 0 spiro atoms. The molecule has 0 aliphatic heterocycles. The van der Waals surface area contributed by atoms with Gasteiger partial charge in [-0.05, 0) is 0 Å². The van der Waals surface area contributed by atoms with Crippen LogP contribution in [0.25, 0.3) is 0 Å². The van der Waals surface area contributed by atoms with Gasteiger partial charge in [0.15, 0.2) is 12.4 Å². The summed E-state index contributed by atoms with van der Waals surface area (Å²) in [6.45, 7) is 0. The quantitative estimate of drug-likeness (QED) is 0.154. The molecule has 4 unspecified atom stereocenters. The van der Waals surface area contributed by atoms with Gasteiger partial charge in [-0.2, -0.15) is 0 Å². The molecule has 0 heterocycles. The highest BCUT2D eigenvalue weighted by Gasteiger charge is 2.33. The Labute approximate surface area is 127 Å². The molecule has 0 aromatic carbocycles. The number of aliphatic carboxylic acids is 1. The number of aldehydes is 1. The summed E-state index contributed by atoms with van der Waals surface area (Å²) >= 11 is 0. The van der Waals surface area contributed by atoms with Gasteiger partial charge >= 0.3 is 21.6 Å². The number of hydrogen-bond donors (Lipinski definition) is 11. The second-order valence-corrected chi connectivity index (χ2v) is 5.47. The second-order valence-electron chi connectivity index (χ2n) is 3.42. The van der Waals surface area contributed by atoms with Gasteiger partial charge in [-0.15, -0.1) is 0 Å². The monoisotopic (exact) mass is 390 g/mol. The second kappa shape index (κ2) is 11.7. The Bertz CT molecular complexity index is 401. The molecule has 0 rings (SSSR count). The topological polar surface area (TPSA) is 291 Å². The predicted octanol–water partition coefficient (Wildman–Crippen LogP) is -5.14. The molecule has 17 heteroatoms. The molecule has 0 saturated carbocycles. The Hall–Kier alpha value is -0.800. The lowest BCUT2D eigenvalue weighted by molar-refractivity contribution is -0.163. The normalized spacial score (nSPS) is 16.4. The van der Waals surface area contributed by atoms with Crippen molar-refractivity contribution in [3.05, 3.63) is 0 Å². The van der Waals surface area contributed by atoms with Crippen molar-refractivity contribution in [1.29, 1.82) is 0 Å². The van der Waals surface area contributed by atoms with E-state index in [1.165, 1.54) is 0 Å². The van der Waals surface area contributed by atoms with Crippen LogP contribution in [0, 0.1) is 0 Å². The highest BCUT2D eigenvalue weighted by atomic mass is 31.2. The molecule has 23 heavy (non-hydrogen) atoms. The van der Waals surface area contributed by atoms with Crippen molar-refractivity contribution in [2.24, 2.45) is 0 Å². The zero-order valence-corrected chi connectivity index (χ0v) is 12.6. The highest BCUT2D eigenvalue weighted by Crippen LogP contribution is 2.26. The van der Waals surface area contributed by atoms with Crippen LogP contribution in [-0.2, 0) is 18.7 Å². The average molecular weight is 390 g/mol. The van der Waals surface area contributed by atoms with Crippen LogP contribution in [0.15, 0.2) is 0 Å². The van der Waals surface area contributed by atoms with Gasteiger partial charge in [0.1, 0.15) is 18.3 Å². The summed E-state index contributed by atoms with van der Waals surface area (Å²) in [7, 11) is -9.28. The fourth-order valence-corrected chi connectivity index (χ4v) is 0.615. The van der Waals surface area contributed by atoms with E-state index in [2.05, 4.69) is 0 Å². The molecular formula is C6H16O15P2. The number of rotatable bonds is 5. The summed E-state index contributed by atoms with van der Waals surface area (Å²) in [5.74, 6) is -1.76. The average Bonchev–Trinajstić information content (AvgIpc) is 2.30. The summed E-state index contributed by atoms with van der Waals surface area (Å²) in [6, 6.07) is 0. The smallest absolute Gasteiger partial charge is 0.466 e. The van der Waals surface area contributed by atoms with Gasteiger partial charge in [-0.25, -0.2) is 13.9 Å². The summed E-state index contributed by atoms with van der Waals surface area (Å²) in [4.78, 5) is 63.1. The van der Waals surface area contributed by atoms with Crippen LogP contribution < -0.4 is 0 Å². The maximum atomic E-state index is 10.1. The molecule has 4 atom stereocenters. The van der Waals surface area contributed by atoms with Gasteiger partial charge in [0.2, 0.25) is 0 Å². The minimum Gasteiger partial charge on any atom is -0.479 e. The van der Waals surface area contributed by atoms with Gasteiger partial charge in [-0.1, -0.05) is 0 Å². The van der Waals surface area contributed by atoms with Crippen molar-refractivity contribution in [1.82, 2.24) is 0 Å². The molecule has 0 radical (unpaired) electrons. The van der Waals surface area contributed by atoms with Crippen molar-refractivity contribution >= 4 is 27.9 Å². The van der Waals surface area contributed by atoms with E-state index in [9.17, 15) is 9.59 Å². The van der Waals surface area contributed by atoms with Crippen molar-refractivity contribution in [2.75, 3.05) is 0 Å². The number of aliphatic hydroxyl groups is 4. The van der Waals surface area contributed by atoms with E-state index in [1.807, 2.05) is 0 Å². The molecule has 0 bridgehead atoms. The lowest BCUT2D eigenvalue weighted by atomic mass is 10.0. The first-order valence-corrected chi connectivity index (χ1v) is 8.01. The fourth-order valence-electron chi connectivity index (χ4n) is 0.615. The Morgan fingerprint density at radius 2 is 1.04 bits per heavy atom. The first-order chi connectivity index (χ1) is 9.91. The summed E-state index contributed by atoms with van der Waals surface area (Å²) in [6.07, 6.45) is -8.39. The first kappa shape index (κ1) is 27.1. The Balaban J connectivity index is -0.000000329. The van der Waals surface area contributed by atoms with Gasteiger partial charge in [0.25, 0.3) is 0 Å². The molecule has 0 aliphatic carbocycles. The van der Waals surface area contributed by atoms with Crippen LogP contribution in [-0.4, -0.2) is 91.6 Å². The molecular weight excluding hydrogens is 374 g/mol. The number of hydrogen-bond acceptors (Lipinski definition) is 8.